The minimum Gasteiger partial charge on any atom is -0.332 e. The van der Waals surface area contributed by atoms with E-state index >= 15 is 0 Å². The standard InChI is InChI=1S/C31H21F3N6O3S2/c32-31(33,34)21-2-1-3-23(15-21)40-28(41)13-6-20-17-36-26-11-4-18(14-25(26)29(20)40)19-5-12-27(37-16-19)39-30(44)38-22-7-9-24(10-8-22)45(35,42)43/h1-17H,(H2,35,42,43)(H2,37,38,39,44). The van der Waals surface area contributed by atoms with E-state index in [0.29, 0.717) is 33.3 Å². The molecule has 0 spiro atoms. The van der Waals surface area contributed by atoms with E-state index in [1.165, 1.54) is 47.0 Å². The van der Waals surface area contributed by atoms with Crippen molar-refractivity contribution in [2.24, 2.45) is 5.14 Å². The van der Waals surface area contributed by atoms with E-state index in [2.05, 4.69) is 20.6 Å². The molecule has 14 heteroatoms. The molecule has 9 nitrogen and oxygen atoms in total. The van der Waals surface area contributed by atoms with Crippen molar-refractivity contribution in [2.45, 2.75) is 11.1 Å². The van der Waals surface area contributed by atoms with E-state index in [4.69, 9.17) is 17.4 Å². The number of anilines is 2. The number of benzene rings is 3. The first-order chi connectivity index (χ1) is 21.4. The molecule has 3 aromatic heterocycles. The molecule has 0 bridgehead atoms. The molecule has 3 heterocycles. The summed E-state index contributed by atoms with van der Waals surface area (Å²) in [5, 5.41) is 12.4. The largest absolute Gasteiger partial charge is 0.416 e. The predicted octanol–water partition coefficient (Wildman–Crippen LogP) is 6.08. The van der Waals surface area contributed by atoms with E-state index in [1.54, 1.807) is 36.7 Å². The zero-order valence-corrected chi connectivity index (χ0v) is 24.5. The molecule has 0 saturated carbocycles. The number of aromatic nitrogens is 3. The maximum Gasteiger partial charge on any atom is 0.416 e. The van der Waals surface area contributed by atoms with Crippen LogP contribution in [0.25, 0.3) is 38.6 Å². The summed E-state index contributed by atoms with van der Waals surface area (Å²) in [6.45, 7) is 0. The molecule has 6 rings (SSSR count). The van der Waals surface area contributed by atoms with Crippen LogP contribution in [0.1, 0.15) is 5.56 Å². The normalized spacial score (nSPS) is 11.9. The van der Waals surface area contributed by atoms with E-state index in [0.717, 1.165) is 23.3 Å². The van der Waals surface area contributed by atoms with Crippen LogP contribution in [0.5, 0.6) is 0 Å². The van der Waals surface area contributed by atoms with Crippen LogP contribution in [0, 0.1) is 0 Å². The Morgan fingerprint density at radius 1 is 0.844 bits per heavy atom. The molecule has 0 aliphatic carbocycles. The quantitative estimate of drug-likeness (QED) is 0.152. The van der Waals surface area contributed by atoms with Crippen LogP contribution in [0.3, 0.4) is 0 Å². The van der Waals surface area contributed by atoms with Gasteiger partial charge >= 0.3 is 6.18 Å². The number of alkyl halides is 3. The summed E-state index contributed by atoms with van der Waals surface area (Å²) < 4.78 is 64.6. The van der Waals surface area contributed by atoms with Crippen LogP contribution < -0.4 is 21.3 Å². The number of nitrogens with two attached hydrogens (primary N) is 1. The summed E-state index contributed by atoms with van der Waals surface area (Å²) in [7, 11) is -3.81. The molecule has 0 unspecified atom stereocenters. The molecule has 3 aromatic carbocycles. The number of fused-ring (bicyclic) bond motifs is 3. The van der Waals surface area contributed by atoms with Crippen molar-refractivity contribution in [3.05, 3.63) is 119 Å². The van der Waals surface area contributed by atoms with E-state index in [9.17, 15) is 26.4 Å². The number of sulfonamides is 1. The number of pyridine rings is 3. The molecule has 0 atom stereocenters. The number of hydrogen-bond donors (Lipinski definition) is 3. The van der Waals surface area contributed by atoms with Crippen LogP contribution in [0.2, 0.25) is 0 Å². The van der Waals surface area contributed by atoms with E-state index in [-0.39, 0.29) is 15.7 Å². The minimum absolute atomic E-state index is 0.0272. The topological polar surface area (TPSA) is 132 Å². The highest BCUT2D eigenvalue weighted by Gasteiger charge is 2.30. The summed E-state index contributed by atoms with van der Waals surface area (Å²) in [4.78, 5) is 22.0. The number of nitrogens with zero attached hydrogens (tertiary/aromatic N) is 3. The van der Waals surface area contributed by atoms with Gasteiger partial charge in [0.2, 0.25) is 10.0 Å². The van der Waals surface area contributed by atoms with Crippen LogP contribution >= 0.6 is 12.2 Å². The molecule has 0 radical (unpaired) electrons. The Kier molecular flexibility index (Phi) is 7.56. The lowest BCUT2D eigenvalue weighted by Crippen LogP contribution is -2.20. The third kappa shape index (κ3) is 6.24. The molecule has 4 N–H and O–H groups in total. The molecule has 0 fully saturated rings. The van der Waals surface area contributed by atoms with Crippen molar-refractivity contribution in [3.8, 4) is 16.8 Å². The first kappa shape index (κ1) is 29.9. The Balaban J connectivity index is 1.31. The summed E-state index contributed by atoms with van der Waals surface area (Å²) in [5.74, 6) is 0.434. The van der Waals surface area contributed by atoms with Gasteiger partial charge in [-0.2, -0.15) is 13.2 Å². The van der Waals surface area contributed by atoms with Gasteiger partial charge in [0.15, 0.2) is 5.11 Å². The van der Waals surface area contributed by atoms with Crippen molar-refractivity contribution >= 4 is 60.7 Å². The van der Waals surface area contributed by atoms with Gasteiger partial charge in [0.1, 0.15) is 5.82 Å². The minimum atomic E-state index is -4.57. The number of halogens is 3. The zero-order chi connectivity index (χ0) is 31.9. The Morgan fingerprint density at radius 2 is 1.60 bits per heavy atom. The molecule has 0 aliphatic rings. The lowest BCUT2D eigenvalue weighted by Gasteiger charge is -2.15. The van der Waals surface area contributed by atoms with Crippen molar-refractivity contribution < 1.29 is 21.6 Å². The van der Waals surface area contributed by atoms with Crippen LogP contribution in [0.15, 0.2) is 113 Å². The zero-order valence-electron chi connectivity index (χ0n) is 22.9. The molecular formula is C31H21F3N6O3S2. The van der Waals surface area contributed by atoms with Gasteiger partial charge in [-0.05, 0) is 90.6 Å². The Labute approximate surface area is 259 Å². The first-order valence-electron chi connectivity index (χ1n) is 13.2. The number of primary sulfonamides is 1. The maximum atomic E-state index is 13.5. The summed E-state index contributed by atoms with van der Waals surface area (Å²) in [6.07, 6.45) is -1.38. The van der Waals surface area contributed by atoms with Gasteiger partial charge in [-0.25, -0.2) is 18.5 Å². The highest BCUT2D eigenvalue weighted by atomic mass is 32.2. The fraction of sp³-hybridized carbons (Fsp3) is 0.0323. The van der Waals surface area contributed by atoms with Gasteiger partial charge in [-0.3, -0.25) is 14.3 Å². The van der Waals surface area contributed by atoms with Gasteiger partial charge < -0.3 is 10.6 Å². The number of rotatable bonds is 5. The van der Waals surface area contributed by atoms with Gasteiger partial charge in [0, 0.05) is 46.2 Å². The van der Waals surface area contributed by atoms with Crippen molar-refractivity contribution in [2.75, 3.05) is 10.6 Å². The number of hydrogen-bond acceptors (Lipinski definition) is 6. The van der Waals surface area contributed by atoms with Crippen molar-refractivity contribution in [1.82, 2.24) is 14.5 Å². The lowest BCUT2D eigenvalue weighted by molar-refractivity contribution is -0.137. The highest BCUT2D eigenvalue weighted by molar-refractivity contribution is 7.89. The monoisotopic (exact) mass is 646 g/mol. The third-order valence-corrected chi connectivity index (χ3v) is 8.06. The number of thiocarbonyl (C=S) groups is 1. The smallest absolute Gasteiger partial charge is 0.332 e. The fourth-order valence-corrected chi connectivity index (χ4v) is 5.55. The third-order valence-electron chi connectivity index (χ3n) is 6.93. The molecule has 45 heavy (non-hydrogen) atoms. The molecule has 226 valence electrons. The van der Waals surface area contributed by atoms with Gasteiger partial charge in [-0.15, -0.1) is 0 Å². The number of nitrogens with one attached hydrogen (secondary N) is 2. The summed E-state index contributed by atoms with van der Waals surface area (Å²) in [6, 6.07) is 22.2. The second kappa shape index (κ2) is 11.4. The van der Waals surface area contributed by atoms with Gasteiger partial charge in [-0.1, -0.05) is 12.1 Å². The average molecular weight is 647 g/mol. The average Bonchev–Trinajstić information content (AvgIpc) is 3.00. The lowest BCUT2D eigenvalue weighted by atomic mass is 10.0. The van der Waals surface area contributed by atoms with E-state index < -0.39 is 27.3 Å². The van der Waals surface area contributed by atoms with Crippen molar-refractivity contribution in [1.29, 1.82) is 0 Å². The molecule has 0 aliphatic heterocycles. The van der Waals surface area contributed by atoms with Crippen LogP contribution in [-0.2, 0) is 16.2 Å². The Bertz CT molecular complexity index is 2270. The van der Waals surface area contributed by atoms with Crippen molar-refractivity contribution in [3.63, 3.8) is 0 Å². The summed E-state index contributed by atoms with van der Waals surface area (Å²) in [5.41, 5.74) is 1.71. The molecular weight excluding hydrogens is 626 g/mol. The fourth-order valence-electron chi connectivity index (χ4n) is 4.81. The Hall–Kier alpha value is -5.18. The molecule has 6 aromatic rings. The molecule has 0 saturated heterocycles. The summed E-state index contributed by atoms with van der Waals surface area (Å²) >= 11 is 5.34. The maximum absolute atomic E-state index is 13.5. The Morgan fingerprint density at radius 3 is 2.29 bits per heavy atom. The molecule has 0 amide bonds. The van der Waals surface area contributed by atoms with Gasteiger partial charge in [0.05, 0.1) is 21.5 Å². The highest BCUT2D eigenvalue weighted by Crippen LogP contribution is 2.33. The van der Waals surface area contributed by atoms with Gasteiger partial charge in [0.25, 0.3) is 5.56 Å². The first-order valence-corrected chi connectivity index (χ1v) is 15.1. The van der Waals surface area contributed by atoms with E-state index in [1.807, 2.05) is 12.1 Å². The SMILES string of the molecule is NS(=O)(=O)c1ccc(NC(=S)Nc2ccc(-c3ccc4ncc5ccc(=O)n(-c6cccc(C(F)(F)F)c6)c5c4c3)cn2)cc1. The second-order valence-electron chi connectivity index (χ2n) is 9.93. The van der Waals surface area contributed by atoms with Crippen LogP contribution in [-0.4, -0.2) is 28.1 Å². The second-order valence-corrected chi connectivity index (χ2v) is 11.9. The predicted molar refractivity (Wildman–Crippen MR) is 171 cm³/mol. The van der Waals surface area contributed by atoms with Crippen LogP contribution in [0.4, 0.5) is 24.7 Å².